The molecule has 1 N–H and O–H groups in total. The van der Waals surface area contributed by atoms with Crippen LogP contribution in [0, 0.1) is 0 Å². The highest BCUT2D eigenvalue weighted by molar-refractivity contribution is 7.91. The number of hydrogen-bond acceptors (Lipinski definition) is 6. The van der Waals surface area contributed by atoms with E-state index in [1.807, 2.05) is 0 Å². The predicted octanol–water partition coefficient (Wildman–Crippen LogP) is 4.62. The molecule has 0 aliphatic rings. The zero-order chi connectivity index (χ0) is 24.7. The summed E-state index contributed by atoms with van der Waals surface area (Å²) in [4.78, 5) is 25.2. The summed E-state index contributed by atoms with van der Waals surface area (Å²) in [7, 11) is -4.80. The zero-order valence-electron chi connectivity index (χ0n) is 18.0. The van der Waals surface area contributed by atoms with Crippen molar-refractivity contribution in [2.75, 3.05) is 11.9 Å². The Labute approximate surface area is 195 Å². The lowest BCUT2D eigenvalue weighted by atomic mass is 10.1. The third kappa shape index (κ3) is 5.76. The largest absolute Gasteiger partial charge is 0.492 e. The van der Waals surface area contributed by atoms with E-state index >= 15 is 0 Å². The molecule has 0 radical (unpaired) electrons. The molecule has 178 valence electrons. The van der Waals surface area contributed by atoms with Crippen molar-refractivity contribution in [1.29, 1.82) is 0 Å². The van der Waals surface area contributed by atoms with Gasteiger partial charge in [0.05, 0.1) is 22.8 Å². The summed E-state index contributed by atoms with van der Waals surface area (Å²) >= 11 is 0. The van der Waals surface area contributed by atoms with E-state index in [-0.39, 0.29) is 5.56 Å². The highest BCUT2D eigenvalue weighted by atomic mass is 32.2. The molecule has 0 saturated heterocycles. The molecule has 0 aliphatic heterocycles. The number of amides is 1. The summed E-state index contributed by atoms with van der Waals surface area (Å²) in [6.07, 6.45) is -1.35. The number of carbonyl (C=O) groups is 2. The molecule has 1 amide bonds. The van der Waals surface area contributed by atoms with Gasteiger partial charge in [-0.25, -0.2) is 13.2 Å². The predicted molar refractivity (Wildman–Crippen MR) is 120 cm³/mol. The molecule has 0 aromatic heterocycles. The van der Waals surface area contributed by atoms with Crippen LogP contribution in [0.2, 0.25) is 0 Å². The van der Waals surface area contributed by atoms with Crippen molar-refractivity contribution >= 4 is 27.4 Å². The fourth-order valence-corrected chi connectivity index (χ4v) is 3.73. The van der Waals surface area contributed by atoms with Crippen molar-refractivity contribution in [3.63, 3.8) is 0 Å². The second-order valence-electron chi connectivity index (χ2n) is 6.94. The number of rotatable bonds is 9. The maximum atomic E-state index is 13.1. The van der Waals surface area contributed by atoms with Gasteiger partial charge in [0, 0.05) is 5.56 Å². The van der Waals surface area contributed by atoms with Gasteiger partial charge in [0.2, 0.25) is 15.9 Å². The molecule has 0 bridgehead atoms. The molecule has 3 aromatic carbocycles. The zero-order valence-corrected chi connectivity index (χ0v) is 18.8. The van der Waals surface area contributed by atoms with Crippen molar-refractivity contribution in [3.8, 4) is 5.75 Å². The SMILES string of the molecule is CCOc1ccccc1NC(=O)C(OC(=O)c1ccc(S(=O)(=O)C(F)F)cc1)c1ccccc1. The summed E-state index contributed by atoms with van der Waals surface area (Å²) in [5, 5.41) is 2.69. The number of halogens is 2. The number of ether oxygens (including phenoxy) is 2. The van der Waals surface area contributed by atoms with E-state index in [0.717, 1.165) is 24.3 Å². The highest BCUT2D eigenvalue weighted by Crippen LogP contribution is 2.27. The van der Waals surface area contributed by atoms with Crippen molar-refractivity contribution in [3.05, 3.63) is 90.0 Å². The Morgan fingerprint density at radius 3 is 2.15 bits per heavy atom. The minimum atomic E-state index is -4.80. The molecule has 0 heterocycles. The van der Waals surface area contributed by atoms with Crippen LogP contribution in [0.5, 0.6) is 5.75 Å². The molecule has 0 spiro atoms. The Hall–Kier alpha value is -3.79. The maximum Gasteiger partial charge on any atom is 0.341 e. The van der Waals surface area contributed by atoms with Crippen molar-refractivity contribution in [1.82, 2.24) is 0 Å². The maximum absolute atomic E-state index is 13.1. The first-order chi connectivity index (χ1) is 16.2. The Kier molecular flexibility index (Phi) is 7.95. The molecule has 10 heteroatoms. The number of hydrogen-bond donors (Lipinski definition) is 1. The molecule has 0 fully saturated rings. The molecule has 7 nitrogen and oxygen atoms in total. The quantitative estimate of drug-likeness (QED) is 0.441. The lowest BCUT2D eigenvalue weighted by Gasteiger charge is -2.19. The van der Waals surface area contributed by atoms with Crippen LogP contribution in [0.4, 0.5) is 14.5 Å². The van der Waals surface area contributed by atoms with Crippen LogP contribution >= 0.6 is 0 Å². The van der Waals surface area contributed by atoms with Gasteiger partial charge in [0.25, 0.3) is 5.91 Å². The molecule has 34 heavy (non-hydrogen) atoms. The minimum Gasteiger partial charge on any atom is -0.492 e. The monoisotopic (exact) mass is 489 g/mol. The van der Waals surface area contributed by atoms with Crippen LogP contribution in [0.15, 0.2) is 83.8 Å². The lowest BCUT2D eigenvalue weighted by Crippen LogP contribution is -2.26. The van der Waals surface area contributed by atoms with Crippen LogP contribution in [-0.4, -0.2) is 32.7 Å². The van der Waals surface area contributed by atoms with Crippen LogP contribution in [0.3, 0.4) is 0 Å². The fraction of sp³-hybridized carbons (Fsp3) is 0.167. The topological polar surface area (TPSA) is 98.8 Å². The first-order valence-electron chi connectivity index (χ1n) is 10.1. The van der Waals surface area contributed by atoms with E-state index in [1.165, 1.54) is 0 Å². The fourth-order valence-electron chi connectivity index (χ4n) is 3.01. The third-order valence-electron chi connectivity index (χ3n) is 4.66. The van der Waals surface area contributed by atoms with Gasteiger partial charge < -0.3 is 14.8 Å². The standard InChI is InChI=1S/C24H21F2NO6S/c1-2-32-20-11-7-6-10-19(20)27-22(28)21(16-8-4-3-5-9-16)33-23(29)17-12-14-18(15-13-17)34(30,31)24(25)26/h3-15,21,24H,2H2,1H3,(H,27,28). The van der Waals surface area contributed by atoms with Crippen molar-refractivity contribution in [2.45, 2.75) is 23.7 Å². The molecule has 0 aliphatic carbocycles. The Bertz CT molecular complexity index is 1250. The van der Waals surface area contributed by atoms with Gasteiger partial charge in [0.15, 0.2) is 0 Å². The van der Waals surface area contributed by atoms with Gasteiger partial charge in [0.1, 0.15) is 5.75 Å². The normalized spacial score (nSPS) is 12.1. The minimum absolute atomic E-state index is 0.114. The van der Waals surface area contributed by atoms with E-state index in [9.17, 15) is 26.8 Å². The molecule has 3 aromatic rings. The van der Waals surface area contributed by atoms with Crippen LogP contribution in [0.1, 0.15) is 28.9 Å². The summed E-state index contributed by atoms with van der Waals surface area (Å²) in [6, 6.07) is 18.9. The number of benzene rings is 3. The van der Waals surface area contributed by atoms with Gasteiger partial charge >= 0.3 is 11.7 Å². The van der Waals surface area contributed by atoms with Crippen LogP contribution in [-0.2, 0) is 19.4 Å². The van der Waals surface area contributed by atoms with E-state index in [4.69, 9.17) is 9.47 Å². The summed E-state index contributed by atoms with van der Waals surface area (Å²) in [6.45, 7) is 2.17. The van der Waals surface area contributed by atoms with E-state index in [0.29, 0.717) is 23.6 Å². The molecule has 0 saturated carbocycles. The Morgan fingerprint density at radius 2 is 1.53 bits per heavy atom. The first kappa shape index (κ1) is 24.8. The third-order valence-corrected chi connectivity index (χ3v) is 6.06. The van der Waals surface area contributed by atoms with Gasteiger partial charge in [-0.1, -0.05) is 42.5 Å². The number of sulfone groups is 1. The molecule has 1 unspecified atom stereocenters. The summed E-state index contributed by atoms with van der Waals surface area (Å²) < 4.78 is 59.6. The summed E-state index contributed by atoms with van der Waals surface area (Å²) in [5.41, 5.74) is 0.656. The van der Waals surface area contributed by atoms with Gasteiger partial charge in [-0.3, -0.25) is 4.79 Å². The van der Waals surface area contributed by atoms with Crippen LogP contribution < -0.4 is 10.1 Å². The Balaban J connectivity index is 1.85. The number of esters is 1. The van der Waals surface area contributed by atoms with Crippen LogP contribution in [0.25, 0.3) is 0 Å². The smallest absolute Gasteiger partial charge is 0.341 e. The first-order valence-corrected chi connectivity index (χ1v) is 11.7. The molecular weight excluding hydrogens is 468 g/mol. The Morgan fingerprint density at radius 1 is 0.912 bits per heavy atom. The van der Waals surface area contributed by atoms with E-state index in [2.05, 4.69) is 5.32 Å². The number of carbonyl (C=O) groups excluding carboxylic acids is 2. The molecule has 1 atom stereocenters. The lowest BCUT2D eigenvalue weighted by molar-refractivity contribution is -0.125. The van der Waals surface area contributed by atoms with E-state index in [1.54, 1.807) is 61.5 Å². The molecular formula is C24H21F2NO6S. The number of para-hydroxylation sites is 2. The summed E-state index contributed by atoms with van der Waals surface area (Å²) in [5.74, 6) is -4.74. The van der Waals surface area contributed by atoms with Gasteiger partial charge in [-0.15, -0.1) is 0 Å². The second kappa shape index (κ2) is 10.9. The average Bonchev–Trinajstić information content (AvgIpc) is 2.84. The highest BCUT2D eigenvalue weighted by Gasteiger charge is 2.29. The van der Waals surface area contributed by atoms with Gasteiger partial charge in [-0.2, -0.15) is 8.78 Å². The second-order valence-corrected chi connectivity index (χ2v) is 8.86. The van der Waals surface area contributed by atoms with Crippen molar-refractivity contribution < 1.29 is 36.3 Å². The number of alkyl halides is 2. The number of anilines is 1. The number of nitrogens with one attached hydrogen (secondary N) is 1. The average molecular weight is 489 g/mol. The molecule has 3 rings (SSSR count). The van der Waals surface area contributed by atoms with Crippen molar-refractivity contribution in [2.24, 2.45) is 0 Å². The van der Waals surface area contributed by atoms with E-state index < -0.39 is 38.5 Å². The van der Waals surface area contributed by atoms with Gasteiger partial charge in [-0.05, 0) is 43.3 Å².